The SMILES string of the molecule is COC1C(O)CC2(C)C3CC=C4C5CC(C)(C)CCC5(C(=C5CC5)C(C)C)CCC4C3(C)CCC2C1(C)COS. The highest BCUT2D eigenvalue weighted by molar-refractivity contribution is 7.75. The average Bonchev–Trinajstić information content (AvgIpc) is 3.68. The molecule has 0 aromatic heterocycles. The Morgan fingerprint density at radius 1 is 0.950 bits per heavy atom. The Hall–Kier alpha value is -0.290. The minimum Gasteiger partial charge on any atom is -0.390 e. The van der Waals surface area contributed by atoms with E-state index in [1.165, 1.54) is 57.8 Å². The normalized spacial score (nSPS) is 49.4. The van der Waals surface area contributed by atoms with E-state index in [0.29, 0.717) is 47.0 Å². The topological polar surface area (TPSA) is 38.7 Å². The molecular formula is C36H58O3S. The summed E-state index contributed by atoms with van der Waals surface area (Å²) in [7, 11) is 1.76. The fourth-order valence-corrected chi connectivity index (χ4v) is 13.0. The van der Waals surface area contributed by atoms with Crippen LogP contribution in [0.4, 0.5) is 0 Å². The number of ether oxygens (including phenoxy) is 1. The third kappa shape index (κ3) is 4.15. The first-order valence-electron chi connectivity index (χ1n) is 16.7. The van der Waals surface area contributed by atoms with Crippen LogP contribution in [-0.2, 0) is 8.92 Å². The molecule has 0 aromatic carbocycles. The van der Waals surface area contributed by atoms with Crippen LogP contribution >= 0.6 is 12.9 Å². The Morgan fingerprint density at radius 3 is 2.30 bits per heavy atom. The van der Waals surface area contributed by atoms with Crippen molar-refractivity contribution < 1.29 is 14.0 Å². The molecule has 5 fully saturated rings. The summed E-state index contributed by atoms with van der Waals surface area (Å²) >= 11 is 4.21. The minimum atomic E-state index is -0.468. The molecule has 226 valence electrons. The Kier molecular flexibility index (Phi) is 7.34. The van der Waals surface area contributed by atoms with Crippen LogP contribution in [0.5, 0.6) is 0 Å². The molecule has 10 atom stereocenters. The summed E-state index contributed by atoms with van der Waals surface area (Å²) in [6.07, 6.45) is 16.1. The van der Waals surface area contributed by atoms with Crippen LogP contribution < -0.4 is 0 Å². The summed E-state index contributed by atoms with van der Waals surface area (Å²) in [6, 6.07) is 0. The molecule has 40 heavy (non-hydrogen) atoms. The molecule has 0 amide bonds. The van der Waals surface area contributed by atoms with E-state index >= 15 is 0 Å². The highest BCUT2D eigenvalue weighted by Crippen LogP contribution is 2.73. The fourth-order valence-electron chi connectivity index (χ4n) is 12.7. The van der Waals surface area contributed by atoms with Gasteiger partial charge in [0.05, 0.1) is 18.8 Å². The second kappa shape index (κ2) is 9.86. The van der Waals surface area contributed by atoms with Gasteiger partial charge in [-0.15, -0.1) is 0 Å². The third-order valence-corrected chi connectivity index (χ3v) is 14.3. The van der Waals surface area contributed by atoms with Crippen LogP contribution in [0.3, 0.4) is 0 Å². The zero-order valence-corrected chi connectivity index (χ0v) is 27.7. The maximum atomic E-state index is 11.5. The Morgan fingerprint density at radius 2 is 1.68 bits per heavy atom. The maximum absolute atomic E-state index is 11.5. The number of allylic oxidation sites excluding steroid dienone is 4. The Bertz CT molecular complexity index is 1070. The summed E-state index contributed by atoms with van der Waals surface area (Å²) in [6.45, 7) is 18.1. The summed E-state index contributed by atoms with van der Waals surface area (Å²) in [5.74, 6) is 3.09. The molecule has 3 nitrogen and oxygen atoms in total. The largest absolute Gasteiger partial charge is 0.390 e. The third-order valence-electron chi connectivity index (χ3n) is 14.2. The minimum absolute atomic E-state index is 0.0595. The van der Waals surface area contributed by atoms with Crippen molar-refractivity contribution in [3.05, 3.63) is 22.8 Å². The molecule has 0 aromatic rings. The lowest BCUT2D eigenvalue weighted by atomic mass is 9.36. The van der Waals surface area contributed by atoms with Crippen LogP contribution in [-0.4, -0.2) is 31.0 Å². The number of methoxy groups -OCH3 is 1. The molecule has 4 heteroatoms. The van der Waals surface area contributed by atoms with Gasteiger partial charge in [0.2, 0.25) is 0 Å². The van der Waals surface area contributed by atoms with Crippen molar-refractivity contribution in [2.24, 2.45) is 56.7 Å². The van der Waals surface area contributed by atoms with Crippen molar-refractivity contribution in [1.29, 1.82) is 0 Å². The molecule has 0 heterocycles. The van der Waals surface area contributed by atoms with E-state index in [4.69, 9.17) is 8.92 Å². The van der Waals surface area contributed by atoms with Gasteiger partial charge in [0, 0.05) is 12.5 Å². The van der Waals surface area contributed by atoms with Crippen LogP contribution in [0, 0.1) is 56.7 Å². The summed E-state index contributed by atoms with van der Waals surface area (Å²) < 4.78 is 11.5. The molecule has 6 aliphatic carbocycles. The van der Waals surface area contributed by atoms with Gasteiger partial charge in [0.1, 0.15) is 0 Å². The van der Waals surface area contributed by atoms with Gasteiger partial charge in [0.25, 0.3) is 0 Å². The number of hydrogen-bond donors (Lipinski definition) is 2. The molecule has 0 spiro atoms. The first-order valence-corrected chi connectivity index (χ1v) is 17.0. The van der Waals surface area contributed by atoms with Crippen molar-refractivity contribution in [3.63, 3.8) is 0 Å². The Labute approximate surface area is 250 Å². The van der Waals surface area contributed by atoms with E-state index in [1.807, 2.05) is 16.7 Å². The predicted octanol–water partition coefficient (Wildman–Crippen LogP) is 8.97. The summed E-state index contributed by atoms with van der Waals surface area (Å²) in [5.41, 5.74) is 6.49. The molecule has 6 rings (SSSR count). The van der Waals surface area contributed by atoms with Crippen LogP contribution in [0.1, 0.15) is 119 Å². The van der Waals surface area contributed by atoms with Crippen LogP contribution in [0.15, 0.2) is 22.8 Å². The number of hydrogen-bond acceptors (Lipinski definition) is 4. The lowest BCUT2D eigenvalue weighted by Crippen LogP contribution is -2.66. The molecule has 0 saturated heterocycles. The Balaban J connectivity index is 1.41. The smallest absolute Gasteiger partial charge is 0.0909 e. The quantitative estimate of drug-likeness (QED) is 0.197. The highest BCUT2D eigenvalue weighted by atomic mass is 32.1. The zero-order valence-electron chi connectivity index (χ0n) is 26.8. The lowest BCUT2D eigenvalue weighted by molar-refractivity contribution is -0.237. The summed E-state index contributed by atoms with van der Waals surface area (Å²) in [4.78, 5) is 0. The van der Waals surface area contributed by atoms with Crippen molar-refractivity contribution in [2.45, 2.75) is 131 Å². The molecule has 1 N–H and O–H groups in total. The van der Waals surface area contributed by atoms with Crippen LogP contribution in [0.25, 0.3) is 0 Å². The average molecular weight is 571 g/mol. The van der Waals surface area contributed by atoms with E-state index in [0.717, 1.165) is 12.8 Å². The van der Waals surface area contributed by atoms with Gasteiger partial charge >= 0.3 is 0 Å². The van der Waals surface area contributed by atoms with Crippen molar-refractivity contribution >= 4 is 12.9 Å². The molecular weight excluding hydrogens is 512 g/mol. The van der Waals surface area contributed by atoms with E-state index in [2.05, 4.69) is 67.5 Å². The number of aliphatic hydroxyl groups excluding tert-OH is 1. The van der Waals surface area contributed by atoms with Gasteiger partial charge in [-0.25, -0.2) is 0 Å². The van der Waals surface area contributed by atoms with E-state index in [1.54, 1.807) is 7.11 Å². The fraction of sp³-hybridized carbons (Fsp3) is 0.889. The molecule has 6 aliphatic rings. The van der Waals surface area contributed by atoms with Gasteiger partial charge in [-0.3, -0.25) is 0 Å². The molecule has 5 saturated carbocycles. The molecule has 0 radical (unpaired) electrons. The number of aliphatic hydroxyl groups is 1. The maximum Gasteiger partial charge on any atom is 0.0909 e. The zero-order chi connectivity index (χ0) is 28.9. The standard InChI is InChI=1S/C36H58O3S/c1-22(2)30(23-9-10-23)36-16-13-25-24(26(36)19-32(3,4)17-18-36)11-12-28-33(25,5)15-14-29-34(28,6)20-27(37)31(38-8)35(29,7)21-39-40/h11,22,25-29,31,37,40H,9-10,12-21H2,1-8H3. The monoisotopic (exact) mass is 570 g/mol. The number of rotatable bonds is 5. The summed E-state index contributed by atoms with van der Waals surface area (Å²) in [5, 5.41) is 11.5. The van der Waals surface area contributed by atoms with Crippen molar-refractivity contribution in [2.75, 3.05) is 13.7 Å². The van der Waals surface area contributed by atoms with Gasteiger partial charge in [-0.1, -0.05) is 71.3 Å². The van der Waals surface area contributed by atoms with Crippen molar-refractivity contribution in [3.8, 4) is 0 Å². The first kappa shape index (κ1) is 29.8. The van der Waals surface area contributed by atoms with Gasteiger partial charge < -0.3 is 14.0 Å². The number of fused-ring (bicyclic) bond motifs is 7. The highest BCUT2D eigenvalue weighted by Gasteiger charge is 2.67. The molecule has 10 unspecified atom stereocenters. The lowest BCUT2D eigenvalue weighted by Gasteiger charge is -2.69. The molecule has 0 bridgehead atoms. The predicted molar refractivity (Wildman–Crippen MR) is 167 cm³/mol. The first-order chi connectivity index (χ1) is 18.8. The van der Waals surface area contributed by atoms with Crippen molar-refractivity contribution in [1.82, 2.24) is 0 Å². The molecule has 0 aliphatic heterocycles. The second-order valence-corrected chi connectivity index (χ2v) is 17.4. The van der Waals surface area contributed by atoms with Gasteiger partial charge in [-0.05, 0) is 135 Å². The van der Waals surface area contributed by atoms with E-state index < -0.39 is 6.10 Å². The van der Waals surface area contributed by atoms with Gasteiger partial charge in [-0.2, -0.15) is 0 Å². The van der Waals surface area contributed by atoms with E-state index in [-0.39, 0.29) is 22.3 Å². The van der Waals surface area contributed by atoms with Crippen LogP contribution in [0.2, 0.25) is 0 Å². The number of thiol groups is 1. The van der Waals surface area contributed by atoms with E-state index in [9.17, 15) is 5.11 Å². The van der Waals surface area contributed by atoms with Gasteiger partial charge in [0.15, 0.2) is 0 Å². The second-order valence-electron chi connectivity index (χ2n) is 17.1.